The van der Waals surface area contributed by atoms with E-state index in [1.165, 1.54) is 11.7 Å². The smallest absolute Gasteiger partial charge is 0.329 e. The summed E-state index contributed by atoms with van der Waals surface area (Å²) in [6.07, 6.45) is 1.57. The number of aromatic nitrogens is 1. The molecule has 0 aliphatic carbocycles. The van der Waals surface area contributed by atoms with Gasteiger partial charge in [-0.1, -0.05) is 43.6 Å². The van der Waals surface area contributed by atoms with Crippen molar-refractivity contribution in [2.24, 2.45) is 5.92 Å². The summed E-state index contributed by atoms with van der Waals surface area (Å²) < 4.78 is 6.27. The summed E-state index contributed by atoms with van der Waals surface area (Å²) in [5, 5.41) is 4.54. The molecular formula is C24H25ClN2O4. The number of benzene rings is 2. The van der Waals surface area contributed by atoms with Gasteiger partial charge in [0.1, 0.15) is 6.04 Å². The molecule has 0 aliphatic rings. The molecule has 162 valence electrons. The van der Waals surface area contributed by atoms with Crippen molar-refractivity contribution in [1.82, 2.24) is 4.57 Å². The van der Waals surface area contributed by atoms with Crippen LogP contribution < -0.4 is 10.9 Å². The third kappa shape index (κ3) is 4.64. The van der Waals surface area contributed by atoms with Gasteiger partial charge >= 0.3 is 5.97 Å². The van der Waals surface area contributed by atoms with Gasteiger partial charge in [0, 0.05) is 27.7 Å². The molecule has 2 aromatic carbocycles. The van der Waals surface area contributed by atoms with E-state index < -0.39 is 17.9 Å². The number of pyridine rings is 1. The van der Waals surface area contributed by atoms with E-state index in [9.17, 15) is 14.4 Å². The van der Waals surface area contributed by atoms with E-state index >= 15 is 0 Å². The van der Waals surface area contributed by atoms with E-state index in [2.05, 4.69) is 5.32 Å². The molecule has 0 saturated heterocycles. The topological polar surface area (TPSA) is 77.4 Å². The van der Waals surface area contributed by atoms with Gasteiger partial charge in [-0.25, -0.2) is 4.79 Å². The van der Waals surface area contributed by atoms with E-state index in [-0.39, 0.29) is 17.4 Å². The maximum Gasteiger partial charge on any atom is 0.329 e. The van der Waals surface area contributed by atoms with Crippen molar-refractivity contribution in [3.8, 4) is 0 Å². The van der Waals surface area contributed by atoms with Crippen LogP contribution in [0.4, 0.5) is 5.69 Å². The Balaban J connectivity index is 1.97. The molecule has 0 aliphatic heterocycles. The van der Waals surface area contributed by atoms with Crippen molar-refractivity contribution in [3.05, 3.63) is 75.7 Å². The number of hydrogen-bond acceptors (Lipinski definition) is 4. The predicted octanol–water partition coefficient (Wildman–Crippen LogP) is 4.77. The third-order valence-corrected chi connectivity index (χ3v) is 5.62. The van der Waals surface area contributed by atoms with Crippen molar-refractivity contribution in [3.63, 3.8) is 0 Å². The number of halogens is 1. The fourth-order valence-corrected chi connectivity index (χ4v) is 3.72. The Hall–Kier alpha value is -3.12. The first-order valence-corrected chi connectivity index (χ1v) is 10.4. The minimum atomic E-state index is -0.731. The number of methoxy groups -OCH3 is 1. The monoisotopic (exact) mass is 440 g/mol. The number of fused-ring (bicyclic) bond motifs is 1. The zero-order valence-electron chi connectivity index (χ0n) is 17.9. The molecule has 0 unspecified atom stereocenters. The molecule has 0 bridgehead atoms. The van der Waals surface area contributed by atoms with E-state index in [0.29, 0.717) is 21.5 Å². The Labute approximate surface area is 185 Å². The van der Waals surface area contributed by atoms with Crippen LogP contribution in [0.25, 0.3) is 10.8 Å². The number of carbonyl (C=O) groups excluding carboxylic acids is 2. The summed E-state index contributed by atoms with van der Waals surface area (Å²) in [7, 11) is 1.30. The van der Waals surface area contributed by atoms with Crippen LogP contribution in [0.5, 0.6) is 0 Å². The first kappa shape index (κ1) is 22.6. The first-order chi connectivity index (χ1) is 14.7. The molecule has 0 saturated carbocycles. The average molecular weight is 441 g/mol. The lowest BCUT2D eigenvalue weighted by Crippen LogP contribution is -2.33. The number of rotatable bonds is 6. The fourth-order valence-electron chi connectivity index (χ4n) is 3.59. The Kier molecular flexibility index (Phi) is 6.81. The number of nitrogens with zero attached hydrogens (tertiary/aromatic N) is 1. The summed E-state index contributed by atoms with van der Waals surface area (Å²) >= 11 is 5.93. The second-order valence-corrected chi connectivity index (χ2v) is 8.21. The van der Waals surface area contributed by atoms with E-state index in [1.807, 2.05) is 26.0 Å². The minimum Gasteiger partial charge on any atom is -0.467 e. The van der Waals surface area contributed by atoms with Crippen molar-refractivity contribution < 1.29 is 14.3 Å². The lowest BCUT2D eigenvalue weighted by molar-refractivity contribution is -0.146. The van der Waals surface area contributed by atoms with Gasteiger partial charge in [0.05, 0.1) is 13.0 Å². The maximum atomic E-state index is 13.1. The molecule has 3 aromatic rings. The van der Waals surface area contributed by atoms with Crippen LogP contribution >= 0.6 is 11.6 Å². The summed E-state index contributed by atoms with van der Waals surface area (Å²) in [6, 6.07) is 13.3. The van der Waals surface area contributed by atoms with Crippen molar-refractivity contribution in [1.29, 1.82) is 0 Å². The van der Waals surface area contributed by atoms with Gasteiger partial charge in [-0.05, 0) is 48.7 Å². The highest BCUT2D eigenvalue weighted by atomic mass is 35.5. The van der Waals surface area contributed by atoms with Gasteiger partial charge in [0.25, 0.3) is 5.56 Å². The second kappa shape index (κ2) is 9.35. The largest absolute Gasteiger partial charge is 0.467 e. The SMILES string of the molecule is COC(=O)[C@@H](C(C)C)n1ccc2c(NC(=O)[C@@H](C)c3ccc(Cl)cc3)cccc2c1=O. The highest BCUT2D eigenvalue weighted by molar-refractivity contribution is 6.30. The van der Waals surface area contributed by atoms with Crippen LogP contribution in [0.2, 0.25) is 5.02 Å². The molecule has 0 fully saturated rings. The van der Waals surface area contributed by atoms with Crippen molar-refractivity contribution in [2.75, 3.05) is 12.4 Å². The molecule has 1 amide bonds. The predicted molar refractivity (Wildman–Crippen MR) is 123 cm³/mol. The molecule has 6 nitrogen and oxygen atoms in total. The van der Waals surface area contributed by atoms with Gasteiger partial charge in [-0.2, -0.15) is 0 Å². The average Bonchev–Trinajstić information content (AvgIpc) is 2.75. The second-order valence-electron chi connectivity index (χ2n) is 7.77. The number of ether oxygens (including phenoxy) is 1. The number of nitrogens with one attached hydrogen (secondary N) is 1. The van der Waals surface area contributed by atoms with E-state index in [0.717, 1.165) is 5.56 Å². The van der Waals surface area contributed by atoms with Crippen molar-refractivity contribution in [2.45, 2.75) is 32.7 Å². The molecule has 1 N–H and O–H groups in total. The van der Waals surface area contributed by atoms with Crippen LogP contribution in [-0.4, -0.2) is 23.6 Å². The normalized spacial score (nSPS) is 13.1. The Bertz CT molecular complexity index is 1170. The summed E-state index contributed by atoms with van der Waals surface area (Å²) in [5.41, 5.74) is 1.05. The number of esters is 1. The summed E-state index contributed by atoms with van der Waals surface area (Å²) in [5.74, 6) is -1.21. The van der Waals surface area contributed by atoms with Gasteiger partial charge in [0.15, 0.2) is 0 Å². The highest BCUT2D eigenvalue weighted by Crippen LogP contribution is 2.26. The Morgan fingerprint density at radius 3 is 2.29 bits per heavy atom. The molecular weight excluding hydrogens is 416 g/mol. The zero-order valence-corrected chi connectivity index (χ0v) is 18.6. The molecule has 7 heteroatoms. The fraction of sp³-hybridized carbons (Fsp3) is 0.292. The molecule has 2 atom stereocenters. The van der Waals surface area contributed by atoms with Gasteiger partial charge < -0.3 is 14.6 Å². The van der Waals surface area contributed by atoms with Gasteiger partial charge in [-0.3, -0.25) is 9.59 Å². The van der Waals surface area contributed by atoms with Crippen LogP contribution in [0.15, 0.2) is 59.5 Å². The highest BCUT2D eigenvalue weighted by Gasteiger charge is 2.26. The standard InChI is InChI=1S/C24H25ClN2O4/c1-14(2)21(24(30)31-4)27-13-12-18-19(23(27)29)6-5-7-20(18)26-22(28)15(3)16-8-10-17(25)11-9-16/h5-15,21H,1-4H3,(H,26,28)/t15-,21+/m0/s1. The van der Waals surface area contributed by atoms with Gasteiger partial charge in [0.2, 0.25) is 5.91 Å². The van der Waals surface area contributed by atoms with Crippen molar-refractivity contribution >= 4 is 39.9 Å². The minimum absolute atomic E-state index is 0.134. The Morgan fingerprint density at radius 1 is 1.00 bits per heavy atom. The Morgan fingerprint density at radius 2 is 1.68 bits per heavy atom. The quantitative estimate of drug-likeness (QED) is 0.560. The van der Waals surface area contributed by atoms with E-state index in [4.69, 9.17) is 16.3 Å². The first-order valence-electron chi connectivity index (χ1n) is 10.0. The number of hydrogen-bond donors (Lipinski definition) is 1. The molecule has 0 spiro atoms. The lowest BCUT2D eigenvalue weighted by Gasteiger charge is -2.22. The molecule has 1 aromatic heterocycles. The van der Waals surface area contributed by atoms with Crippen LogP contribution in [0.3, 0.4) is 0 Å². The summed E-state index contributed by atoms with van der Waals surface area (Å²) in [6.45, 7) is 5.51. The van der Waals surface area contributed by atoms with Gasteiger partial charge in [-0.15, -0.1) is 0 Å². The molecule has 1 heterocycles. The molecule has 31 heavy (non-hydrogen) atoms. The van der Waals surface area contributed by atoms with Crippen LogP contribution in [0.1, 0.15) is 38.3 Å². The summed E-state index contributed by atoms with van der Waals surface area (Å²) in [4.78, 5) is 38.2. The number of amides is 1. The molecule has 0 radical (unpaired) electrons. The number of carbonyl (C=O) groups is 2. The van der Waals surface area contributed by atoms with E-state index in [1.54, 1.807) is 49.5 Å². The lowest BCUT2D eigenvalue weighted by atomic mass is 10.00. The van der Waals surface area contributed by atoms with Crippen LogP contribution in [-0.2, 0) is 14.3 Å². The zero-order chi connectivity index (χ0) is 22.7. The van der Waals surface area contributed by atoms with Crippen LogP contribution in [0, 0.1) is 5.92 Å². The number of anilines is 1. The molecule has 3 rings (SSSR count). The third-order valence-electron chi connectivity index (χ3n) is 5.37. The maximum absolute atomic E-state index is 13.1.